The Morgan fingerprint density at radius 1 is 0.846 bits per heavy atom. The Morgan fingerprint density at radius 3 is 2.42 bits per heavy atom. The van der Waals surface area contributed by atoms with Gasteiger partial charge < -0.3 is 5.32 Å². The van der Waals surface area contributed by atoms with Gasteiger partial charge in [0.2, 0.25) is 0 Å². The molecule has 4 aromatic rings. The number of aryl methyl sites for hydroxylation is 1. The van der Waals surface area contributed by atoms with Crippen LogP contribution in [0.1, 0.15) is 16.1 Å². The van der Waals surface area contributed by atoms with Gasteiger partial charge in [0, 0.05) is 16.6 Å². The number of rotatable bonds is 3. The fraction of sp³-hybridized carbons (Fsp3) is 0.0455. The number of hydrogen-bond donors (Lipinski definition) is 1. The van der Waals surface area contributed by atoms with E-state index in [0.29, 0.717) is 11.4 Å². The predicted molar refractivity (Wildman–Crippen MR) is 104 cm³/mol. The summed E-state index contributed by atoms with van der Waals surface area (Å²) in [6, 6.07) is 24.9. The van der Waals surface area contributed by atoms with E-state index in [1.54, 1.807) is 6.07 Å². The molecular formula is C22H17N3O. The summed E-state index contributed by atoms with van der Waals surface area (Å²) in [6.07, 6.45) is 0. The predicted octanol–water partition coefficient (Wildman–Crippen LogP) is 4.86. The fourth-order valence-corrected chi connectivity index (χ4v) is 2.92. The summed E-state index contributed by atoms with van der Waals surface area (Å²) in [5.41, 5.74) is 3.97. The molecule has 0 aliphatic rings. The minimum atomic E-state index is -0.195. The number of amides is 1. The van der Waals surface area contributed by atoms with Crippen molar-refractivity contribution in [2.24, 2.45) is 0 Å². The average Bonchev–Trinajstić information content (AvgIpc) is 2.68. The van der Waals surface area contributed by atoms with E-state index < -0.39 is 0 Å². The van der Waals surface area contributed by atoms with E-state index in [0.717, 1.165) is 27.9 Å². The molecule has 4 rings (SSSR count). The molecule has 4 nitrogen and oxygen atoms in total. The molecule has 0 radical (unpaired) electrons. The molecule has 0 fully saturated rings. The highest BCUT2D eigenvalue weighted by Crippen LogP contribution is 2.25. The number of benzene rings is 2. The van der Waals surface area contributed by atoms with Crippen LogP contribution in [0.5, 0.6) is 0 Å². The van der Waals surface area contributed by atoms with E-state index in [9.17, 15) is 4.79 Å². The summed E-state index contributed by atoms with van der Waals surface area (Å²) < 4.78 is 0. The van der Waals surface area contributed by atoms with Gasteiger partial charge in [-0.3, -0.25) is 4.79 Å². The Morgan fingerprint density at radius 2 is 1.62 bits per heavy atom. The second-order valence-electron chi connectivity index (χ2n) is 6.06. The van der Waals surface area contributed by atoms with Crippen LogP contribution in [0, 0.1) is 6.92 Å². The Bertz CT molecular complexity index is 1090. The van der Waals surface area contributed by atoms with Crippen molar-refractivity contribution < 1.29 is 4.79 Å². The van der Waals surface area contributed by atoms with E-state index in [1.165, 1.54) is 0 Å². The lowest BCUT2D eigenvalue weighted by Gasteiger charge is -2.10. The van der Waals surface area contributed by atoms with Crippen LogP contribution >= 0.6 is 0 Å². The third-order valence-corrected chi connectivity index (χ3v) is 4.16. The van der Waals surface area contributed by atoms with Gasteiger partial charge in [-0.2, -0.15) is 0 Å². The number of anilines is 1. The minimum absolute atomic E-state index is 0.195. The Balaban J connectivity index is 1.81. The highest BCUT2D eigenvalue weighted by Gasteiger charge is 2.14. The molecule has 0 saturated heterocycles. The summed E-state index contributed by atoms with van der Waals surface area (Å²) in [5, 5.41) is 3.71. The van der Waals surface area contributed by atoms with Crippen molar-refractivity contribution in [3.8, 4) is 11.3 Å². The molecule has 0 saturated carbocycles. The topological polar surface area (TPSA) is 54.9 Å². The molecule has 126 valence electrons. The number of carbonyl (C=O) groups is 1. The first-order chi connectivity index (χ1) is 12.7. The minimum Gasteiger partial charge on any atom is -0.307 e. The number of nitrogens with zero attached hydrogens (tertiary/aromatic N) is 2. The maximum Gasteiger partial charge on any atom is 0.257 e. The van der Waals surface area contributed by atoms with Gasteiger partial charge in [-0.05, 0) is 31.2 Å². The summed E-state index contributed by atoms with van der Waals surface area (Å²) in [7, 11) is 0. The van der Waals surface area contributed by atoms with Crippen molar-refractivity contribution >= 4 is 22.6 Å². The van der Waals surface area contributed by atoms with Gasteiger partial charge in [-0.1, -0.05) is 54.6 Å². The summed E-state index contributed by atoms with van der Waals surface area (Å²) in [6.45, 7) is 1.89. The Hall–Kier alpha value is -3.53. The Labute approximate surface area is 151 Å². The highest BCUT2D eigenvalue weighted by atomic mass is 16.1. The van der Waals surface area contributed by atoms with E-state index in [4.69, 9.17) is 4.98 Å². The van der Waals surface area contributed by atoms with E-state index in [2.05, 4.69) is 10.3 Å². The number of aromatic nitrogens is 2. The van der Waals surface area contributed by atoms with Crippen LogP contribution in [0.4, 0.5) is 5.82 Å². The zero-order chi connectivity index (χ0) is 17.9. The van der Waals surface area contributed by atoms with Crippen molar-refractivity contribution in [3.63, 3.8) is 0 Å². The van der Waals surface area contributed by atoms with Gasteiger partial charge >= 0.3 is 0 Å². The van der Waals surface area contributed by atoms with Crippen LogP contribution in [-0.2, 0) is 0 Å². The molecule has 2 heterocycles. The first-order valence-corrected chi connectivity index (χ1v) is 8.41. The maximum absolute atomic E-state index is 12.9. The zero-order valence-electron chi connectivity index (χ0n) is 14.3. The Kier molecular flexibility index (Phi) is 4.15. The molecule has 0 atom stereocenters. The number of para-hydroxylation sites is 1. The second kappa shape index (κ2) is 6.76. The maximum atomic E-state index is 12.9. The number of nitrogens with one attached hydrogen (secondary N) is 1. The third-order valence-electron chi connectivity index (χ3n) is 4.16. The fourth-order valence-electron chi connectivity index (χ4n) is 2.92. The normalized spacial score (nSPS) is 10.7. The lowest BCUT2D eigenvalue weighted by Crippen LogP contribution is -2.14. The van der Waals surface area contributed by atoms with Crippen LogP contribution < -0.4 is 5.32 Å². The van der Waals surface area contributed by atoms with Crippen molar-refractivity contribution in [2.45, 2.75) is 6.92 Å². The standard InChI is InChI=1S/C22H17N3O/c1-15-8-7-13-21(23-15)25-22(26)18-14-20(16-9-3-2-4-10-16)24-19-12-6-5-11-17(18)19/h2-14H,1H3,(H,23,25,26). The molecule has 1 N–H and O–H groups in total. The van der Waals surface area contributed by atoms with E-state index in [1.807, 2.05) is 79.7 Å². The van der Waals surface area contributed by atoms with Crippen LogP contribution in [0.2, 0.25) is 0 Å². The van der Waals surface area contributed by atoms with Crippen molar-refractivity contribution in [3.05, 3.63) is 90.1 Å². The zero-order valence-corrected chi connectivity index (χ0v) is 14.3. The first kappa shape index (κ1) is 16.0. The second-order valence-corrected chi connectivity index (χ2v) is 6.06. The molecule has 0 spiro atoms. The molecule has 26 heavy (non-hydrogen) atoms. The van der Waals surface area contributed by atoms with E-state index in [-0.39, 0.29) is 5.91 Å². The van der Waals surface area contributed by atoms with E-state index >= 15 is 0 Å². The molecule has 0 unspecified atom stereocenters. The lowest BCUT2D eigenvalue weighted by atomic mass is 10.0. The molecular weight excluding hydrogens is 322 g/mol. The number of hydrogen-bond acceptors (Lipinski definition) is 3. The molecule has 0 bridgehead atoms. The highest BCUT2D eigenvalue weighted by molar-refractivity contribution is 6.12. The molecule has 0 aliphatic carbocycles. The molecule has 4 heteroatoms. The third kappa shape index (κ3) is 3.17. The summed E-state index contributed by atoms with van der Waals surface area (Å²) >= 11 is 0. The van der Waals surface area contributed by atoms with Gasteiger partial charge in [-0.15, -0.1) is 0 Å². The van der Waals surface area contributed by atoms with Crippen LogP contribution in [0.25, 0.3) is 22.2 Å². The number of pyridine rings is 2. The van der Waals surface area contributed by atoms with Gasteiger partial charge in [0.1, 0.15) is 5.82 Å². The molecule has 0 aliphatic heterocycles. The molecule has 2 aromatic heterocycles. The largest absolute Gasteiger partial charge is 0.307 e. The SMILES string of the molecule is Cc1cccc(NC(=O)c2cc(-c3ccccc3)nc3ccccc23)n1. The lowest BCUT2D eigenvalue weighted by molar-refractivity contribution is 0.102. The van der Waals surface area contributed by atoms with Gasteiger partial charge in [0.05, 0.1) is 16.8 Å². The van der Waals surface area contributed by atoms with Crippen molar-refractivity contribution in [1.29, 1.82) is 0 Å². The average molecular weight is 339 g/mol. The van der Waals surface area contributed by atoms with Crippen LogP contribution in [-0.4, -0.2) is 15.9 Å². The van der Waals surface area contributed by atoms with Crippen LogP contribution in [0.3, 0.4) is 0 Å². The van der Waals surface area contributed by atoms with Gasteiger partial charge in [0.15, 0.2) is 0 Å². The quantitative estimate of drug-likeness (QED) is 0.580. The molecule has 2 aromatic carbocycles. The summed E-state index contributed by atoms with van der Waals surface area (Å²) in [5.74, 6) is 0.344. The molecule has 1 amide bonds. The van der Waals surface area contributed by atoms with Gasteiger partial charge in [0.25, 0.3) is 5.91 Å². The first-order valence-electron chi connectivity index (χ1n) is 8.41. The van der Waals surface area contributed by atoms with Crippen molar-refractivity contribution in [1.82, 2.24) is 9.97 Å². The monoisotopic (exact) mass is 339 g/mol. The number of fused-ring (bicyclic) bond motifs is 1. The van der Waals surface area contributed by atoms with Crippen molar-refractivity contribution in [2.75, 3.05) is 5.32 Å². The number of carbonyl (C=O) groups excluding carboxylic acids is 1. The van der Waals surface area contributed by atoms with Gasteiger partial charge in [-0.25, -0.2) is 9.97 Å². The summed E-state index contributed by atoms with van der Waals surface area (Å²) in [4.78, 5) is 22.0. The van der Waals surface area contributed by atoms with Crippen LogP contribution in [0.15, 0.2) is 78.9 Å². The smallest absolute Gasteiger partial charge is 0.257 e.